The van der Waals surface area contributed by atoms with E-state index in [0.717, 1.165) is 42.3 Å². The van der Waals surface area contributed by atoms with Crippen molar-refractivity contribution < 1.29 is 4.39 Å². The Morgan fingerprint density at radius 2 is 1.92 bits per heavy atom. The summed E-state index contributed by atoms with van der Waals surface area (Å²) in [6.45, 7) is 6.59. The number of nitrogens with zero attached hydrogens (tertiary/aromatic N) is 1. The van der Waals surface area contributed by atoms with Gasteiger partial charge in [-0.25, -0.2) is 9.37 Å². The van der Waals surface area contributed by atoms with E-state index in [4.69, 9.17) is 4.98 Å². The number of benzene rings is 1. The van der Waals surface area contributed by atoms with Crippen LogP contribution in [-0.4, -0.2) is 4.98 Å². The van der Waals surface area contributed by atoms with Gasteiger partial charge in [0, 0.05) is 11.6 Å². The van der Waals surface area contributed by atoms with Crippen LogP contribution in [0.2, 0.25) is 0 Å². The van der Waals surface area contributed by atoms with Gasteiger partial charge in [-0.05, 0) is 91.0 Å². The second kappa shape index (κ2) is 13.0. The van der Waals surface area contributed by atoms with Crippen LogP contribution in [0, 0.1) is 11.8 Å². The predicted octanol–water partition coefficient (Wildman–Crippen LogP) is 9.69. The third-order valence-electron chi connectivity index (χ3n) is 7.93. The quantitative estimate of drug-likeness (QED) is 0.267. The zero-order valence-electron chi connectivity index (χ0n) is 22.5. The van der Waals surface area contributed by atoms with Gasteiger partial charge in [0.2, 0.25) is 0 Å². The van der Waals surface area contributed by atoms with Crippen LogP contribution in [0.5, 0.6) is 0 Å². The number of anilines is 2. The lowest BCUT2D eigenvalue weighted by Gasteiger charge is -2.19. The Bertz CT molecular complexity index is 1110. The predicted molar refractivity (Wildman–Crippen MR) is 152 cm³/mol. The molecule has 0 aliphatic heterocycles. The average molecular weight is 487 g/mol. The van der Waals surface area contributed by atoms with Gasteiger partial charge in [0.15, 0.2) is 0 Å². The molecule has 0 radical (unpaired) electrons. The molecule has 0 fully saturated rings. The highest BCUT2D eigenvalue weighted by atomic mass is 19.1. The van der Waals surface area contributed by atoms with Gasteiger partial charge in [-0.2, -0.15) is 0 Å². The van der Waals surface area contributed by atoms with Crippen LogP contribution in [0.3, 0.4) is 0 Å². The molecule has 2 aromatic rings. The molecule has 2 aliphatic carbocycles. The summed E-state index contributed by atoms with van der Waals surface area (Å²) in [5.41, 5.74) is 7.44. The lowest BCUT2D eigenvalue weighted by molar-refractivity contribution is 0.422. The van der Waals surface area contributed by atoms with Crippen LogP contribution in [0.1, 0.15) is 94.5 Å². The van der Waals surface area contributed by atoms with Crippen molar-refractivity contribution in [3.63, 3.8) is 0 Å². The summed E-state index contributed by atoms with van der Waals surface area (Å²) in [6.07, 6.45) is 20.5. The number of fused-ring (bicyclic) bond motifs is 1. The molecule has 2 nitrogen and oxygen atoms in total. The molecular formula is C33H43FN2. The summed E-state index contributed by atoms with van der Waals surface area (Å²) in [6, 6.07) is 11.0. The van der Waals surface area contributed by atoms with Gasteiger partial charge < -0.3 is 5.32 Å². The zero-order chi connectivity index (χ0) is 25.3. The molecule has 0 saturated heterocycles. The van der Waals surface area contributed by atoms with Crippen LogP contribution in [0.25, 0.3) is 5.57 Å². The summed E-state index contributed by atoms with van der Waals surface area (Å²) in [4.78, 5) is 5.11. The third-order valence-corrected chi connectivity index (χ3v) is 7.93. The largest absolute Gasteiger partial charge is 0.340 e. The molecule has 2 aliphatic rings. The first-order valence-corrected chi connectivity index (χ1v) is 14.3. The smallest absolute Gasteiger partial charge is 0.131 e. The monoisotopic (exact) mass is 486 g/mol. The first-order valence-electron chi connectivity index (χ1n) is 14.3. The van der Waals surface area contributed by atoms with E-state index in [0.29, 0.717) is 0 Å². The van der Waals surface area contributed by atoms with Gasteiger partial charge in [-0.3, -0.25) is 0 Å². The zero-order valence-corrected chi connectivity index (χ0v) is 22.5. The summed E-state index contributed by atoms with van der Waals surface area (Å²) < 4.78 is 14.0. The molecule has 0 spiro atoms. The highest BCUT2D eigenvalue weighted by Crippen LogP contribution is 2.35. The van der Waals surface area contributed by atoms with Crippen LogP contribution in [0.15, 0.2) is 60.5 Å². The number of rotatable bonds is 10. The molecule has 0 saturated carbocycles. The van der Waals surface area contributed by atoms with E-state index in [-0.39, 0.29) is 11.7 Å². The molecular weight excluding hydrogens is 443 g/mol. The number of hydrogen-bond acceptors (Lipinski definition) is 2. The van der Waals surface area contributed by atoms with E-state index in [9.17, 15) is 4.39 Å². The SMILES string of the molecule is CCCCCCC1CCCc2c(cccc2Nc2ccc(CC)c(C3=CC=C(F)C=CC3CC)n2)C1. The number of unbranched alkanes of at least 4 members (excludes halogenated alkanes) is 3. The van der Waals surface area contributed by atoms with E-state index < -0.39 is 0 Å². The average Bonchev–Trinajstić information content (AvgIpc) is 3.22. The maximum Gasteiger partial charge on any atom is 0.131 e. The van der Waals surface area contributed by atoms with Crippen molar-refractivity contribution in [2.24, 2.45) is 11.8 Å². The first-order chi connectivity index (χ1) is 17.6. The lowest BCUT2D eigenvalue weighted by atomic mass is 9.90. The second-order valence-corrected chi connectivity index (χ2v) is 10.5. The maximum atomic E-state index is 14.0. The van der Waals surface area contributed by atoms with Gasteiger partial charge in [-0.15, -0.1) is 0 Å². The lowest BCUT2D eigenvalue weighted by Crippen LogP contribution is -2.07. The molecule has 1 N–H and O–H groups in total. The molecule has 2 unspecified atom stereocenters. The number of allylic oxidation sites excluding steroid dienone is 6. The summed E-state index contributed by atoms with van der Waals surface area (Å²) >= 11 is 0. The van der Waals surface area contributed by atoms with E-state index in [1.165, 1.54) is 73.7 Å². The number of hydrogen-bond donors (Lipinski definition) is 1. The molecule has 0 amide bonds. The number of nitrogens with one attached hydrogen (secondary N) is 1. The van der Waals surface area contributed by atoms with E-state index >= 15 is 0 Å². The van der Waals surface area contributed by atoms with Crippen molar-refractivity contribution in [1.82, 2.24) is 4.98 Å². The van der Waals surface area contributed by atoms with Gasteiger partial charge in [-0.1, -0.05) is 83.2 Å². The molecule has 2 atom stereocenters. The molecule has 3 heteroatoms. The molecule has 36 heavy (non-hydrogen) atoms. The van der Waals surface area contributed by atoms with E-state index in [1.54, 1.807) is 12.2 Å². The minimum atomic E-state index is -0.202. The molecule has 192 valence electrons. The number of halogens is 1. The Kier molecular flexibility index (Phi) is 9.55. The van der Waals surface area contributed by atoms with Crippen LogP contribution < -0.4 is 5.32 Å². The van der Waals surface area contributed by atoms with Crippen molar-refractivity contribution in [1.29, 1.82) is 0 Å². The highest BCUT2D eigenvalue weighted by Gasteiger charge is 2.21. The van der Waals surface area contributed by atoms with Crippen molar-refractivity contribution in [3.8, 4) is 0 Å². The van der Waals surface area contributed by atoms with Crippen LogP contribution in [0.4, 0.5) is 15.9 Å². The Morgan fingerprint density at radius 1 is 1.03 bits per heavy atom. The molecule has 4 rings (SSSR count). The first kappa shape index (κ1) is 26.4. The van der Waals surface area contributed by atoms with Gasteiger partial charge in [0.1, 0.15) is 11.6 Å². The van der Waals surface area contributed by atoms with Crippen molar-refractivity contribution in [3.05, 3.63) is 82.8 Å². The Morgan fingerprint density at radius 3 is 2.72 bits per heavy atom. The van der Waals surface area contributed by atoms with Crippen LogP contribution >= 0.6 is 0 Å². The fourth-order valence-electron chi connectivity index (χ4n) is 5.83. The van der Waals surface area contributed by atoms with Crippen molar-refractivity contribution in [2.45, 2.75) is 91.4 Å². The normalized spacial score (nSPS) is 19.7. The molecule has 1 aromatic carbocycles. The molecule has 0 bridgehead atoms. The highest BCUT2D eigenvalue weighted by molar-refractivity contribution is 5.73. The standard InChI is InChI=1S/C33H43FN2/c1-4-7-8-9-12-24-13-10-15-29-27(23-24)14-11-16-31(29)35-32-22-18-26(6-3)33(36-32)30-21-20-28(34)19-17-25(30)5-2/h11,14,16-22,24-25H,4-10,12-13,15,23H2,1-3H3,(H,35,36). The number of aryl methyl sites for hydroxylation is 1. The van der Waals surface area contributed by atoms with Crippen molar-refractivity contribution >= 4 is 17.1 Å². The van der Waals surface area contributed by atoms with E-state index in [1.807, 2.05) is 12.2 Å². The van der Waals surface area contributed by atoms with Gasteiger partial charge in [0.05, 0.1) is 5.69 Å². The third kappa shape index (κ3) is 6.55. The van der Waals surface area contributed by atoms with E-state index in [2.05, 4.69) is 56.4 Å². The summed E-state index contributed by atoms with van der Waals surface area (Å²) in [5, 5.41) is 3.68. The maximum absolute atomic E-state index is 14.0. The Labute approximate surface area is 217 Å². The topological polar surface area (TPSA) is 24.9 Å². The van der Waals surface area contributed by atoms with Crippen molar-refractivity contribution in [2.75, 3.05) is 5.32 Å². The minimum Gasteiger partial charge on any atom is -0.340 e. The van der Waals surface area contributed by atoms with Gasteiger partial charge in [0.25, 0.3) is 0 Å². The number of pyridine rings is 1. The van der Waals surface area contributed by atoms with Gasteiger partial charge >= 0.3 is 0 Å². The Balaban J connectivity index is 1.58. The molecule has 1 aromatic heterocycles. The number of aromatic nitrogens is 1. The van der Waals surface area contributed by atoms with Crippen LogP contribution in [-0.2, 0) is 19.3 Å². The Hall–Kier alpha value is -2.68. The summed E-state index contributed by atoms with van der Waals surface area (Å²) in [5.74, 6) is 1.63. The summed E-state index contributed by atoms with van der Waals surface area (Å²) in [7, 11) is 0. The molecule has 1 heterocycles. The fourth-order valence-corrected chi connectivity index (χ4v) is 5.83. The fraction of sp³-hybridized carbons (Fsp3) is 0.485. The second-order valence-electron chi connectivity index (χ2n) is 10.5. The minimum absolute atomic E-state index is 0.157.